The third-order valence-electron chi connectivity index (χ3n) is 14.3. The van der Waals surface area contributed by atoms with Gasteiger partial charge in [-0.3, -0.25) is 19.2 Å². The maximum atomic E-state index is 14.4. The first-order chi connectivity index (χ1) is 34.1. The van der Waals surface area contributed by atoms with Crippen molar-refractivity contribution in [1.29, 1.82) is 0 Å². The van der Waals surface area contributed by atoms with Gasteiger partial charge < -0.3 is 40.5 Å². The van der Waals surface area contributed by atoms with Gasteiger partial charge in [0.25, 0.3) is 0 Å². The Morgan fingerprint density at radius 2 is 0.986 bits per heavy atom. The van der Waals surface area contributed by atoms with E-state index in [1.807, 2.05) is 140 Å². The number of rotatable bonds is 25. The van der Waals surface area contributed by atoms with Gasteiger partial charge in [-0.2, -0.15) is 0 Å². The predicted octanol–water partition coefficient (Wildman–Crippen LogP) is 8.39. The fourth-order valence-electron chi connectivity index (χ4n) is 9.55. The SMILES string of the molecule is CCOC(=O)/C(C)=C/[C@H](C(C)C)N(C)C(=O)[C@@H](NC(=O)[C@H](NC)C(C)(C)c1cccc(CCCOC(=O)/C(C)=C/[C@H](C(C)C)N(C)C(=O)[C@@H](NC(=O)[C@@H](NC)C(C)(C)c2cccc(C)c2)C(C)(C)C)c1)C(C)(C)C. The number of carbonyl (C=O) groups is 6. The van der Waals surface area contributed by atoms with Crippen LogP contribution in [0.15, 0.2) is 71.8 Å². The number of likely N-dealkylation sites (N-methyl/N-ethyl adjacent to an activating group) is 4. The first-order valence-corrected chi connectivity index (χ1v) is 26.5. The van der Waals surface area contributed by atoms with Crippen molar-refractivity contribution in [3.8, 4) is 0 Å². The lowest BCUT2D eigenvalue weighted by Crippen LogP contribution is -2.61. The highest BCUT2D eigenvalue weighted by atomic mass is 16.5. The fraction of sp³-hybridized carbons (Fsp3) is 0.633. The van der Waals surface area contributed by atoms with Crippen LogP contribution < -0.4 is 21.3 Å². The highest BCUT2D eigenvalue weighted by Gasteiger charge is 2.44. The van der Waals surface area contributed by atoms with E-state index in [0.717, 1.165) is 22.3 Å². The maximum Gasteiger partial charge on any atom is 0.333 e. The second-order valence-electron chi connectivity index (χ2n) is 24.1. The van der Waals surface area contributed by atoms with E-state index in [0.29, 0.717) is 24.0 Å². The van der Waals surface area contributed by atoms with E-state index in [1.54, 1.807) is 70.9 Å². The van der Waals surface area contributed by atoms with Crippen molar-refractivity contribution in [2.45, 2.75) is 185 Å². The molecule has 74 heavy (non-hydrogen) atoms. The van der Waals surface area contributed by atoms with Crippen LogP contribution in [-0.2, 0) is 55.5 Å². The number of hydrogen-bond donors (Lipinski definition) is 4. The fourth-order valence-corrected chi connectivity index (χ4v) is 9.55. The van der Waals surface area contributed by atoms with Crippen LogP contribution in [-0.4, -0.2) is 123 Å². The van der Waals surface area contributed by atoms with Gasteiger partial charge in [-0.15, -0.1) is 0 Å². The molecule has 414 valence electrons. The molecule has 2 aromatic carbocycles. The number of hydrogen-bond acceptors (Lipinski definition) is 10. The van der Waals surface area contributed by atoms with Gasteiger partial charge in [0.2, 0.25) is 23.6 Å². The van der Waals surface area contributed by atoms with E-state index in [1.165, 1.54) is 0 Å². The second-order valence-corrected chi connectivity index (χ2v) is 24.1. The first-order valence-electron chi connectivity index (χ1n) is 26.5. The molecule has 0 radical (unpaired) electrons. The number of nitrogens with one attached hydrogen (secondary N) is 4. The monoisotopic (exact) mass is 1030 g/mol. The molecule has 2 rings (SSSR count). The maximum absolute atomic E-state index is 14.4. The summed E-state index contributed by atoms with van der Waals surface area (Å²) in [6, 6.07) is 12.1. The average molecular weight is 1030 g/mol. The molecule has 0 heterocycles. The Labute approximate surface area is 446 Å². The molecule has 0 aromatic heterocycles. The zero-order valence-corrected chi connectivity index (χ0v) is 49.4. The van der Waals surface area contributed by atoms with Crippen LogP contribution in [0.5, 0.6) is 0 Å². The zero-order valence-electron chi connectivity index (χ0n) is 49.4. The summed E-state index contributed by atoms with van der Waals surface area (Å²) in [5, 5.41) is 12.6. The highest BCUT2D eigenvalue weighted by molar-refractivity contribution is 5.93. The van der Waals surface area contributed by atoms with Crippen LogP contribution in [0.2, 0.25) is 0 Å². The molecule has 4 amide bonds. The molecule has 0 aliphatic carbocycles. The summed E-state index contributed by atoms with van der Waals surface area (Å²) in [4.78, 5) is 86.3. The highest BCUT2D eigenvalue weighted by Crippen LogP contribution is 2.32. The van der Waals surface area contributed by atoms with Gasteiger partial charge in [0.1, 0.15) is 12.1 Å². The summed E-state index contributed by atoms with van der Waals surface area (Å²) in [6.07, 6.45) is 4.68. The van der Waals surface area contributed by atoms with Gasteiger partial charge in [-0.1, -0.05) is 163 Å². The van der Waals surface area contributed by atoms with Gasteiger partial charge in [0, 0.05) is 36.1 Å². The molecule has 0 spiro atoms. The largest absolute Gasteiger partial charge is 0.463 e. The molecule has 0 unspecified atom stereocenters. The van der Waals surface area contributed by atoms with Crippen LogP contribution in [0.25, 0.3) is 0 Å². The Morgan fingerprint density at radius 3 is 1.35 bits per heavy atom. The molecule has 14 heteroatoms. The van der Waals surface area contributed by atoms with Crippen molar-refractivity contribution in [3.63, 3.8) is 0 Å². The summed E-state index contributed by atoms with van der Waals surface area (Å²) in [7, 11) is 6.90. The minimum atomic E-state index is -0.878. The van der Waals surface area contributed by atoms with Crippen molar-refractivity contribution in [1.82, 2.24) is 31.1 Å². The van der Waals surface area contributed by atoms with E-state index in [-0.39, 0.29) is 48.7 Å². The molecule has 4 N–H and O–H groups in total. The molecule has 0 saturated heterocycles. The lowest BCUT2D eigenvalue weighted by molar-refractivity contribution is -0.141. The predicted molar refractivity (Wildman–Crippen MR) is 298 cm³/mol. The van der Waals surface area contributed by atoms with Crippen molar-refractivity contribution in [3.05, 3.63) is 94.1 Å². The van der Waals surface area contributed by atoms with E-state index in [9.17, 15) is 28.8 Å². The smallest absolute Gasteiger partial charge is 0.333 e. The Morgan fingerprint density at radius 1 is 0.595 bits per heavy atom. The van der Waals surface area contributed by atoms with Crippen LogP contribution in [0.3, 0.4) is 0 Å². The number of aryl methyl sites for hydroxylation is 2. The van der Waals surface area contributed by atoms with E-state index in [2.05, 4.69) is 33.4 Å². The molecule has 0 saturated carbocycles. The molecule has 0 fully saturated rings. The first kappa shape index (κ1) is 64.8. The molecule has 0 aliphatic rings. The third-order valence-corrected chi connectivity index (χ3v) is 14.3. The number of benzene rings is 2. The van der Waals surface area contributed by atoms with E-state index in [4.69, 9.17) is 9.47 Å². The van der Waals surface area contributed by atoms with Gasteiger partial charge in [0.05, 0.1) is 37.4 Å². The summed E-state index contributed by atoms with van der Waals surface area (Å²) in [5.74, 6) is -2.16. The summed E-state index contributed by atoms with van der Waals surface area (Å²) in [5.41, 5.74) is 2.19. The lowest BCUT2D eigenvalue weighted by Gasteiger charge is -2.40. The van der Waals surface area contributed by atoms with Crippen molar-refractivity contribution in [2.75, 3.05) is 41.4 Å². The van der Waals surface area contributed by atoms with Gasteiger partial charge in [-0.25, -0.2) is 9.59 Å². The van der Waals surface area contributed by atoms with Gasteiger partial charge in [-0.05, 0) is 94.0 Å². The van der Waals surface area contributed by atoms with E-state index < -0.39 is 69.8 Å². The molecular weight excluding hydrogens is 933 g/mol. The van der Waals surface area contributed by atoms with Crippen LogP contribution in [0.4, 0.5) is 0 Å². The number of ether oxygens (including phenoxy) is 2. The normalized spacial score (nSPS) is 15.4. The minimum absolute atomic E-state index is 0.0284. The van der Waals surface area contributed by atoms with Crippen LogP contribution >= 0.6 is 0 Å². The van der Waals surface area contributed by atoms with E-state index >= 15 is 0 Å². The number of carbonyl (C=O) groups excluding carboxylic acids is 6. The molecule has 0 aliphatic heterocycles. The van der Waals surface area contributed by atoms with Crippen LogP contribution in [0.1, 0.15) is 146 Å². The van der Waals surface area contributed by atoms with Gasteiger partial charge in [0.15, 0.2) is 0 Å². The quantitative estimate of drug-likeness (QED) is 0.0430. The average Bonchev–Trinajstić information content (AvgIpc) is 3.30. The summed E-state index contributed by atoms with van der Waals surface area (Å²) >= 11 is 0. The van der Waals surface area contributed by atoms with Crippen molar-refractivity contribution >= 4 is 35.6 Å². The second kappa shape index (κ2) is 27.4. The Bertz CT molecular complexity index is 2300. The van der Waals surface area contributed by atoms with Crippen molar-refractivity contribution < 1.29 is 38.2 Å². The minimum Gasteiger partial charge on any atom is -0.463 e. The molecule has 2 aromatic rings. The van der Waals surface area contributed by atoms with Crippen LogP contribution in [0, 0.1) is 29.6 Å². The standard InChI is InChI=1S/C60H96N6O8/c1-23-73-55(71)40(7)34-45(37(2)3)65(21)53(69)50(58(12,13)14)64-52(68)48(62-20)60(17,18)44-31-25-28-42(36-44)29-26-32-74-56(72)41(8)35-46(38(4)5)66(22)54(70)49(57(9,10)11)63-51(67)47(61-19)59(15,16)43-30-24-27-39(6)33-43/h24-25,27-28,30-31,33-38,45-50,61-62H,23,26,29,32H2,1-22H3,(H,63,67)(H,64,68)/b40-34+,41-35+/t45-,46-,47-,48+,49-,50-/m1/s1. The molecular formula is C60H96N6O8. The number of amides is 4. The van der Waals surface area contributed by atoms with Gasteiger partial charge >= 0.3 is 11.9 Å². The van der Waals surface area contributed by atoms with Crippen molar-refractivity contribution in [2.24, 2.45) is 22.7 Å². The molecule has 6 atom stereocenters. The Balaban J connectivity index is 2.22. The summed E-state index contributed by atoms with van der Waals surface area (Å²) < 4.78 is 11.0. The molecule has 0 bridgehead atoms. The third kappa shape index (κ3) is 17.4. The number of nitrogens with zero attached hydrogens (tertiary/aromatic N) is 2. The Kier molecular flexibility index (Phi) is 24.0. The topological polar surface area (TPSA) is 175 Å². The lowest BCUT2D eigenvalue weighted by atomic mass is 9.76. The molecule has 14 nitrogen and oxygen atoms in total. The Hall–Kier alpha value is -5.34. The summed E-state index contributed by atoms with van der Waals surface area (Å²) in [6.45, 7) is 35.0. The number of esters is 2. The zero-order chi connectivity index (χ0) is 56.8.